The maximum atomic E-state index is 12.3. The van der Waals surface area contributed by atoms with Crippen LogP contribution in [0.4, 0.5) is 14.5 Å². The molecule has 0 saturated heterocycles. The number of nitrogens with zero attached hydrogens (tertiary/aromatic N) is 3. The van der Waals surface area contributed by atoms with E-state index in [9.17, 15) is 8.78 Å². The lowest BCUT2D eigenvalue weighted by molar-refractivity contribution is -0.0494. The minimum atomic E-state index is -2.89. The first-order valence-electron chi connectivity index (χ1n) is 5.80. The van der Waals surface area contributed by atoms with E-state index in [2.05, 4.69) is 20.4 Å². The van der Waals surface area contributed by atoms with Crippen molar-refractivity contribution in [1.82, 2.24) is 15.0 Å². The summed E-state index contributed by atoms with van der Waals surface area (Å²) in [6.07, 6.45) is 1.72. The van der Waals surface area contributed by atoms with Crippen LogP contribution in [0.2, 0.25) is 0 Å². The zero-order valence-electron chi connectivity index (χ0n) is 11.0. The Morgan fingerprint density at radius 3 is 2.80 bits per heavy atom. The lowest BCUT2D eigenvalue weighted by Crippen LogP contribution is -2.07. The Bertz CT molecular complexity index is 574. The van der Waals surface area contributed by atoms with Crippen LogP contribution < -0.4 is 14.8 Å². The van der Waals surface area contributed by atoms with Gasteiger partial charge in [-0.3, -0.25) is 4.68 Å². The SMILES string of the molecule is COc1ccc(OC(F)F)c(NCc2cn(C)nn2)c1. The van der Waals surface area contributed by atoms with Crippen molar-refractivity contribution >= 4 is 5.69 Å². The van der Waals surface area contributed by atoms with Crippen LogP contribution in [0.15, 0.2) is 24.4 Å². The first kappa shape index (κ1) is 14.0. The lowest BCUT2D eigenvalue weighted by atomic mass is 10.2. The number of hydrogen-bond acceptors (Lipinski definition) is 5. The van der Waals surface area contributed by atoms with Gasteiger partial charge in [0.2, 0.25) is 0 Å². The van der Waals surface area contributed by atoms with Crippen LogP contribution >= 0.6 is 0 Å². The minimum absolute atomic E-state index is 0.0460. The van der Waals surface area contributed by atoms with Crippen molar-refractivity contribution < 1.29 is 18.3 Å². The molecule has 108 valence electrons. The molecule has 0 amide bonds. The second kappa shape index (κ2) is 6.18. The van der Waals surface area contributed by atoms with Crippen LogP contribution in [0.25, 0.3) is 0 Å². The molecular weight excluding hydrogens is 270 g/mol. The van der Waals surface area contributed by atoms with Crippen LogP contribution in [0.5, 0.6) is 11.5 Å². The summed E-state index contributed by atoms with van der Waals surface area (Å²) in [5.41, 5.74) is 1.08. The van der Waals surface area contributed by atoms with E-state index in [0.29, 0.717) is 23.7 Å². The van der Waals surface area contributed by atoms with Crippen molar-refractivity contribution in [3.63, 3.8) is 0 Å². The largest absolute Gasteiger partial charge is 0.497 e. The van der Waals surface area contributed by atoms with Gasteiger partial charge in [0.05, 0.1) is 19.3 Å². The fourth-order valence-electron chi connectivity index (χ4n) is 1.64. The number of hydrogen-bond donors (Lipinski definition) is 1. The number of aryl methyl sites for hydroxylation is 1. The number of alkyl halides is 2. The summed E-state index contributed by atoms with van der Waals surface area (Å²) in [6.45, 7) is -2.55. The van der Waals surface area contributed by atoms with Crippen molar-refractivity contribution in [2.24, 2.45) is 7.05 Å². The summed E-state index contributed by atoms with van der Waals surface area (Å²) in [7, 11) is 3.24. The average molecular weight is 284 g/mol. The standard InChI is InChI=1S/C12H14F2N4O2/c1-18-7-8(16-17-18)6-15-10-5-9(19-2)3-4-11(10)20-12(13)14/h3-5,7,12,15H,6H2,1-2H3. The zero-order chi connectivity index (χ0) is 14.5. The minimum Gasteiger partial charge on any atom is -0.497 e. The van der Waals surface area contributed by atoms with E-state index in [1.807, 2.05) is 0 Å². The van der Waals surface area contributed by atoms with Crippen LogP contribution in [-0.4, -0.2) is 28.7 Å². The van der Waals surface area contributed by atoms with Crippen molar-refractivity contribution in [2.45, 2.75) is 13.2 Å². The number of nitrogens with one attached hydrogen (secondary N) is 1. The molecule has 0 aliphatic carbocycles. The van der Waals surface area contributed by atoms with Crippen LogP contribution in [0.1, 0.15) is 5.69 Å². The van der Waals surface area contributed by atoms with E-state index in [-0.39, 0.29) is 5.75 Å². The molecule has 8 heteroatoms. The Morgan fingerprint density at radius 2 is 2.20 bits per heavy atom. The van der Waals surface area contributed by atoms with E-state index in [1.54, 1.807) is 30.1 Å². The van der Waals surface area contributed by atoms with Gasteiger partial charge < -0.3 is 14.8 Å². The Labute approximate surface area is 114 Å². The molecule has 1 heterocycles. The van der Waals surface area contributed by atoms with Crippen molar-refractivity contribution in [2.75, 3.05) is 12.4 Å². The van der Waals surface area contributed by atoms with Gasteiger partial charge in [0.15, 0.2) is 0 Å². The quantitative estimate of drug-likeness (QED) is 0.879. The van der Waals surface area contributed by atoms with Gasteiger partial charge >= 0.3 is 6.61 Å². The van der Waals surface area contributed by atoms with Gasteiger partial charge in [-0.1, -0.05) is 5.21 Å². The molecule has 20 heavy (non-hydrogen) atoms. The summed E-state index contributed by atoms with van der Waals surface area (Å²) in [5.74, 6) is 0.581. The molecule has 0 unspecified atom stereocenters. The van der Waals surface area contributed by atoms with E-state index in [4.69, 9.17) is 4.74 Å². The van der Waals surface area contributed by atoms with Gasteiger partial charge in [-0.25, -0.2) is 0 Å². The number of ether oxygens (including phenoxy) is 2. The predicted octanol–water partition coefficient (Wildman–Crippen LogP) is 2.04. The van der Waals surface area contributed by atoms with Crippen molar-refractivity contribution in [1.29, 1.82) is 0 Å². The Balaban J connectivity index is 2.14. The topological polar surface area (TPSA) is 61.2 Å². The van der Waals surface area contributed by atoms with Gasteiger partial charge in [-0.15, -0.1) is 5.10 Å². The average Bonchev–Trinajstić information content (AvgIpc) is 2.83. The second-order valence-electron chi connectivity index (χ2n) is 3.98. The summed E-state index contributed by atoms with van der Waals surface area (Å²) in [5, 5.41) is 10.6. The molecule has 1 aromatic heterocycles. The maximum Gasteiger partial charge on any atom is 0.387 e. The third kappa shape index (κ3) is 3.56. The first-order valence-corrected chi connectivity index (χ1v) is 5.80. The number of methoxy groups -OCH3 is 1. The summed E-state index contributed by atoms with van der Waals surface area (Å²) in [6, 6.07) is 4.54. The van der Waals surface area contributed by atoms with E-state index >= 15 is 0 Å². The van der Waals surface area contributed by atoms with E-state index < -0.39 is 6.61 Å². The molecule has 0 spiro atoms. The molecule has 0 fully saturated rings. The first-order chi connectivity index (χ1) is 9.58. The number of halogens is 2. The predicted molar refractivity (Wildman–Crippen MR) is 68.0 cm³/mol. The van der Waals surface area contributed by atoms with Gasteiger partial charge in [0.1, 0.15) is 17.2 Å². The molecule has 0 bridgehead atoms. The molecule has 0 radical (unpaired) electrons. The van der Waals surface area contributed by atoms with Crippen LogP contribution in [0.3, 0.4) is 0 Å². The Kier molecular flexibility index (Phi) is 4.34. The van der Waals surface area contributed by atoms with Gasteiger partial charge in [-0.2, -0.15) is 8.78 Å². The van der Waals surface area contributed by atoms with Gasteiger partial charge in [0.25, 0.3) is 0 Å². The zero-order valence-corrected chi connectivity index (χ0v) is 11.0. The summed E-state index contributed by atoms with van der Waals surface area (Å²) < 4.78 is 35.7. The summed E-state index contributed by atoms with van der Waals surface area (Å²) >= 11 is 0. The Morgan fingerprint density at radius 1 is 1.40 bits per heavy atom. The van der Waals surface area contributed by atoms with E-state index in [0.717, 1.165) is 0 Å². The van der Waals surface area contributed by atoms with Crippen molar-refractivity contribution in [3.05, 3.63) is 30.1 Å². The van der Waals surface area contributed by atoms with Crippen LogP contribution in [0, 0.1) is 0 Å². The highest BCUT2D eigenvalue weighted by Crippen LogP contribution is 2.30. The monoisotopic (exact) mass is 284 g/mol. The van der Waals surface area contributed by atoms with Crippen LogP contribution in [-0.2, 0) is 13.6 Å². The third-order valence-electron chi connectivity index (χ3n) is 2.51. The molecule has 2 aromatic rings. The molecule has 0 aliphatic heterocycles. The Hall–Kier alpha value is -2.38. The maximum absolute atomic E-state index is 12.3. The molecule has 2 rings (SSSR count). The fourth-order valence-corrected chi connectivity index (χ4v) is 1.64. The number of benzene rings is 1. The molecule has 0 aliphatic rings. The molecular formula is C12H14F2N4O2. The second-order valence-corrected chi connectivity index (χ2v) is 3.98. The van der Waals surface area contributed by atoms with Crippen molar-refractivity contribution in [3.8, 4) is 11.5 Å². The normalized spacial score (nSPS) is 10.7. The van der Waals surface area contributed by atoms with Gasteiger partial charge in [0, 0.05) is 19.3 Å². The summed E-state index contributed by atoms with van der Waals surface area (Å²) in [4.78, 5) is 0. The van der Waals surface area contributed by atoms with E-state index in [1.165, 1.54) is 13.2 Å². The third-order valence-corrected chi connectivity index (χ3v) is 2.51. The fraction of sp³-hybridized carbons (Fsp3) is 0.333. The molecule has 0 atom stereocenters. The number of rotatable bonds is 6. The van der Waals surface area contributed by atoms with Gasteiger partial charge in [-0.05, 0) is 12.1 Å². The molecule has 6 nitrogen and oxygen atoms in total. The highest BCUT2D eigenvalue weighted by atomic mass is 19.3. The highest BCUT2D eigenvalue weighted by Gasteiger charge is 2.11. The number of anilines is 1. The molecule has 1 aromatic carbocycles. The smallest absolute Gasteiger partial charge is 0.387 e. The highest BCUT2D eigenvalue weighted by molar-refractivity contribution is 5.59. The lowest BCUT2D eigenvalue weighted by Gasteiger charge is -2.13. The molecule has 1 N–H and O–H groups in total. The number of aromatic nitrogens is 3. The molecule has 0 saturated carbocycles.